The van der Waals surface area contributed by atoms with Crippen molar-refractivity contribution in [3.63, 3.8) is 0 Å². The van der Waals surface area contributed by atoms with Crippen LogP contribution in [0.3, 0.4) is 0 Å². The maximum absolute atomic E-state index is 13.1. The largest absolute Gasteiger partial charge is 0.380 e. The van der Waals surface area contributed by atoms with Gasteiger partial charge in [0.25, 0.3) is 5.69 Å². The number of ketones is 1. The Bertz CT molecular complexity index is 838. The SMILES string of the molecule is COCc1cc([N+](=O)[O-])ccc1N1CCCC(C(=O)c2ccc(F)cc2)C1. The Balaban J connectivity index is 1.82. The van der Waals surface area contributed by atoms with E-state index in [1.165, 1.54) is 36.4 Å². The van der Waals surface area contributed by atoms with E-state index in [0.29, 0.717) is 12.1 Å². The molecule has 0 saturated carbocycles. The van der Waals surface area contributed by atoms with E-state index in [1.54, 1.807) is 13.2 Å². The molecule has 0 spiro atoms. The minimum absolute atomic E-state index is 0.00472. The summed E-state index contributed by atoms with van der Waals surface area (Å²) in [6.45, 7) is 1.54. The van der Waals surface area contributed by atoms with Crippen molar-refractivity contribution in [1.29, 1.82) is 0 Å². The number of carbonyl (C=O) groups is 1. The standard InChI is InChI=1S/C20H21FN2O4/c1-27-13-16-11-18(23(25)26)8-9-19(16)22-10-2-3-15(12-22)20(24)14-4-6-17(21)7-5-14/h4-9,11,15H,2-3,10,12-13H2,1H3. The Morgan fingerprint density at radius 2 is 2.04 bits per heavy atom. The summed E-state index contributed by atoms with van der Waals surface area (Å²) in [5.41, 5.74) is 2.09. The Hall–Kier alpha value is -2.80. The van der Waals surface area contributed by atoms with Crippen molar-refractivity contribution in [1.82, 2.24) is 0 Å². The predicted octanol–water partition coefficient (Wildman–Crippen LogP) is 3.98. The van der Waals surface area contributed by atoms with E-state index in [1.807, 2.05) is 0 Å². The van der Waals surface area contributed by atoms with Gasteiger partial charge in [0, 0.05) is 55.1 Å². The number of Topliss-reactive ketones (excluding diaryl/α,β-unsaturated/α-hetero) is 1. The first-order valence-corrected chi connectivity index (χ1v) is 8.80. The number of non-ortho nitro benzene ring substituents is 1. The number of hydrogen-bond acceptors (Lipinski definition) is 5. The van der Waals surface area contributed by atoms with Crippen LogP contribution in [0.15, 0.2) is 42.5 Å². The number of nitro groups is 1. The van der Waals surface area contributed by atoms with E-state index >= 15 is 0 Å². The fourth-order valence-corrected chi connectivity index (χ4v) is 3.52. The van der Waals surface area contributed by atoms with Gasteiger partial charge in [-0.15, -0.1) is 0 Å². The molecule has 27 heavy (non-hydrogen) atoms. The van der Waals surface area contributed by atoms with Crippen LogP contribution in [0.4, 0.5) is 15.8 Å². The van der Waals surface area contributed by atoms with Gasteiger partial charge in [-0.05, 0) is 43.2 Å². The van der Waals surface area contributed by atoms with Gasteiger partial charge in [0.05, 0.1) is 11.5 Å². The lowest BCUT2D eigenvalue weighted by Gasteiger charge is -2.35. The van der Waals surface area contributed by atoms with Crippen molar-refractivity contribution in [3.8, 4) is 0 Å². The summed E-state index contributed by atoms with van der Waals surface area (Å²) in [7, 11) is 1.54. The number of methoxy groups -OCH3 is 1. The normalized spacial score (nSPS) is 17.0. The molecular weight excluding hydrogens is 351 g/mol. The summed E-state index contributed by atoms with van der Waals surface area (Å²) in [5.74, 6) is -0.573. The molecule has 1 atom stereocenters. The van der Waals surface area contributed by atoms with Crippen molar-refractivity contribution in [2.45, 2.75) is 19.4 Å². The summed E-state index contributed by atoms with van der Waals surface area (Å²) in [4.78, 5) is 25.5. The fraction of sp³-hybridized carbons (Fsp3) is 0.350. The zero-order valence-electron chi connectivity index (χ0n) is 15.1. The number of ether oxygens (including phenoxy) is 1. The molecule has 0 aliphatic carbocycles. The lowest BCUT2D eigenvalue weighted by atomic mass is 9.89. The van der Waals surface area contributed by atoms with Crippen LogP contribution in [0.25, 0.3) is 0 Å². The average Bonchev–Trinajstić information content (AvgIpc) is 2.68. The molecule has 1 aliphatic heterocycles. The molecule has 0 N–H and O–H groups in total. The molecular formula is C20H21FN2O4. The van der Waals surface area contributed by atoms with Gasteiger partial charge in [-0.25, -0.2) is 4.39 Å². The van der Waals surface area contributed by atoms with Crippen molar-refractivity contribution in [2.24, 2.45) is 5.92 Å². The highest BCUT2D eigenvalue weighted by Crippen LogP contribution is 2.31. The van der Waals surface area contributed by atoms with Gasteiger partial charge in [-0.3, -0.25) is 14.9 Å². The smallest absolute Gasteiger partial charge is 0.269 e. The number of hydrogen-bond donors (Lipinski definition) is 0. The molecule has 142 valence electrons. The van der Waals surface area contributed by atoms with Crippen molar-refractivity contribution < 1.29 is 18.8 Å². The van der Waals surface area contributed by atoms with E-state index in [0.717, 1.165) is 30.6 Å². The van der Waals surface area contributed by atoms with E-state index in [-0.39, 0.29) is 29.8 Å². The van der Waals surface area contributed by atoms with Gasteiger partial charge in [0.15, 0.2) is 5.78 Å². The fourth-order valence-electron chi connectivity index (χ4n) is 3.52. The number of nitrogens with zero attached hydrogens (tertiary/aromatic N) is 2. The molecule has 1 fully saturated rings. The molecule has 6 nitrogen and oxygen atoms in total. The molecule has 1 aliphatic rings. The maximum atomic E-state index is 13.1. The molecule has 0 aromatic heterocycles. The molecule has 1 saturated heterocycles. The molecule has 7 heteroatoms. The molecule has 1 heterocycles. The monoisotopic (exact) mass is 372 g/mol. The second kappa shape index (κ2) is 8.26. The molecule has 0 amide bonds. The lowest BCUT2D eigenvalue weighted by Crippen LogP contribution is -2.39. The third-order valence-electron chi connectivity index (χ3n) is 4.84. The van der Waals surface area contributed by atoms with Crippen molar-refractivity contribution in [2.75, 3.05) is 25.1 Å². The molecule has 0 radical (unpaired) electrons. The number of anilines is 1. The Labute approximate surface area is 156 Å². The zero-order chi connectivity index (χ0) is 19.4. The molecule has 1 unspecified atom stereocenters. The van der Waals surface area contributed by atoms with Gasteiger partial charge in [0.1, 0.15) is 5.82 Å². The lowest BCUT2D eigenvalue weighted by molar-refractivity contribution is -0.384. The quantitative estimate of drug-likeness (QED) is 0.436. The molecule has 0 bridgehead atoms. The number of benzene rings is 2. The summed E-state index contributed by atoms with van der Waals surface area (Å²) in [5, 5.41) is 11.0. The van der Waals surface area contributed by atoms with Crippen molar-refractivity contribution in [3.05, 3.63) is 69.5 Å². The van der Waals surface area contributed by atoms with Crippen LogP contribution in [0, 0.1) is 21.8 Å². The van der Waals surface area contributed by atoms with Crippen LogP contribution in [0.5, 0.6) is 0 Å². The number of halogens is 1. The number of carbonyl (C=O) groups excluding carboxylic acids is 1. The molecule has 2 aromatic carbocycles. The minimum atomic E-state index is -0.431. The van der Waals surface area contributed by atoms with E-state index < -0.39 is 4.92 Å². The number of piperidine rings is 1. The van der Waals surface area contributed by atoms with Crippen LogP contribution >= 0.6 is 0 Å². The summed E-state index contributed by atoms with van der Waals surface area (Å²) in [6.07, 6.45) is 1.60. The van der Waals surface area contributed by atoms with Crippen LogP contribution in [-0.2, 0) is 11.3 Å². The minimum Gasteiger partial charge on any atom is -0.380 e. The van der Waals surface area contributed by atoms with Crippen LogP contribution in [0.2, 0.25) is 0 Å². The molecule has 3 rings (SSSR count). The van der Waals surface area contributed by atoms with Crippen LogP contribution < -0.4 is 4.90 Å². The topological polar surface area (TPSA) is 72.7 Å². The molecule has 2 aromatic rings. The summed E-state index contributed by atoms with van der Waals surface area (Å²) in [6, 6.07) is 10.3. The third kappa shape index (κ3) is 4.31. The highest BCUT2D eigenvalue weighted by Gasteiger charge is 2.28. The second-order valence-corrected chi connectivity index (χ2v) is 6.66. The average molecular weight is 372 g/mol. The first-order chi connectivity index (χ1) is 13.0. The summed E-state index contributed by atoms with van der Waals surface area (Å²) < 4.78 is 18.3. The Morgan fingerprint density at radius 3 is 2.70 bits per heavy atom. The van der Waals surface area contributed by atoms with Gasteiger partial charge in [0.2, 0.25) is 0 Å². The van der Waals surface area contributed by atoms with Gasteiger partial charge >= 0.3 is 0 Å². The maximum Gasteiger partial charge on any atom is 0.269 e. The zero-order valence-corrected chi connectivity index (χ0v) is 15.1. The second-order valence-electron chi connectivity index (χ2n) is 6.66. The highest BCUT2D eigenvalue weighted by molar-refractivity contribution is 5.98. The van der Waals surface area contributed by atoms with Crippen LogP contribution in [-0.4, -0.2) is 30.9 Å². The number of nitro benzene ring substituents is 1. The third-order valence-corrected chi connectivity index (χ3v) is 4.84. The van der Waals surface area contributed by atoms with Gasteiger partial charge in [-0.1, -0.05) is 0 Å². The van der Waals surface area contributed by atoms with E-state index in [4.69, 9.17) is 4.74 Å². The Morgan fingerprint density at radius 1 is 1.30 bits per heavy atom. The predicted molar refractivity (Wildman–Crippen MR) is 99.5 cm³/mol. The summed E-state index contributed by atoms with van der Waals surface area (Å²) >= 11 is 0. The first-order valence-electron chi connectivity index (χ1n) is 8.80. The van der Waals surface area contributed by atoms with Crippen molar-refractivity contribution >= 4 is 17.2 Å². The number of rotatable bonds is 6. The Kier molecular flexibility index (Phi) is 5.81. The van der Waals surface area contributed by atoms with Crippen LogP contribution in [0.1, 0.15) is 28.8 Å². The van der Waals surface area contributed by atoms with E-state index in [9.17, 15) is 19.3 Å². The van der Waals surface area contributed by atoms with E-state index in [2.05, 4.69) is 4.90 Å². The van der Waals surface area contributed by atoms with Gasteiger partial charge in [-0.2, -0.15) is 0 Å². The first kappa shape index (κ1) is 19.0. The highest BCUT2D eigenvalue weighted by atomic mass is 19.1. The van der Waals surface area contributed by atoms with Gasteiger partial charge < -0.3 is 9.64 Å².